The first-order valence-electron chi connectivity index (χ1n) is 19.7. The molecule has 4 heteroatoms. The Balaban J connectivity index is 1.03. The first-order valence-corrected chi connectivity index (χ1v) is 19.7. The van der Waals surface area contributed by atoms with Crippen LogP contribution in [0.2, 0.25) is 0 Å². The average molecular weight is 740 g/mol. The van der Waals surface area contributed by atoms with Crippen molar-refractivity contribution in [2.24, 2.45) is 0 Å². The van der Waals surface area contributed by atoms with Crippen molar-refractivity contribution in [3.05, 3.63) is 200 Å². The molecule has 0 saturated carbocycles. The number of benzene rings is 9. The van der Waals surface area contributed by atoms with Gasteiger partial charge in [0.05, 0.1) is 28.0 Å². The van der Waals surface area contributed by atoms with Crippen LogP contribution in [0.1, 0.15) is 0 Å². The molecule has 0 aliphatic heterocycles. The molecule has 0 aliphatic carbocycles. The lowest BCUT2D eigenvalue weighted by Crippen LogP contribution is -1.95. The lowest BCUT2D eigenvalue weighted by Gasteiger charge is -2.12. The van der Waals surface area contributed by atoms with Gasteiger partial charge in [0.1, 0.15) is 0 Å². The molecule has 3 heterocycles. The van der Waals surface area contributed by atoms with Gasteiger partial charge < -0.3 is 4.42 Å². The molecular weight excluding hydrogens is 707 g/mol. The van der Waals surface area contributed by atoms with Crippen LogP contribution < -0.4 is 0 Å². The van der Waals surface area contributed by atoms with Crippen molar-refractivity contribution in [1.82, 2.24) is 14.4 Å². The molecule has 0 spiro atoms. The third-order valence-electron chi connectivity index (χ3n) is 11.6. The molecule has 12 rings (SSSR count). The van der Waals surface area contributed by atoms with Gasteiger partial charge in [-0.2, -0.15) is 0 Å². The molecule has 0 saturated heterocycles. The van der Waals surface area contributed by atoms with Gasteiger partial charge in [-0.1, -0.05) is 164 Å². The highest BCUT2D eigenvalue weighted by Crippen LogP contribution is 2.43. The van der Waals surface area contributed by atoms with E-state index in [4.69, 9.17) is 14.4 Å². The molecule has 0 radical (unpaired) electrons. The molecule has 0 fully saturated rings. The van der Waals surface area contributed by atoms with Crippen LogP contribution in [0.15, 0.2) is 205 Å². The summed E-state index contributed by atoms with van der Waals surface area (Å²) < 4.78 is 8.97. The van der Waals surface area contributed by atoms with Crippen molar-refractivity contribution >= 4 is 60.0 Å². The minimum atomic E-state index is 0.700. The maximum atomic E-state index is 6.70. The minimum absolute atomic E-state index is 0.700. The Labute approximate surface area is 333 Å². The first kappa shape index (κ1) is 32.4. The fraction of sp³-hybridized carbons (Fsp3) is 0. The van der Waals surface area contributed by atoms with Crippen LogP contribution in [0.25, 0.3) is 116 Å². The second-order valence-corrected chi connectivity index (χ2v) is 14.9. The highest BCUT2D eigenvalue weighted by molar-refractivity contribution is 6.25. The molecular formula is C54H33N3O. The quantitative estimate of drug-likeness (QED) is 0.165. The van der Waals surface area contributed by atoms with E-state index in [2.05, 4.69) is 156 Å². The molecule has 0 unspecified atom stereocenters. The summed E-state index contributed by atoms with van der Waals surface area (Å²) in [5, 5.41) is 8.77. The van der Waals surface area contributed by atoms with E-state index in [0.29, 0.717) is 5.82 Å². The third kappa shape index (κ3) is 5.09. The Morgan fingerprint density at radius 2 is 0.810 bits per heavy atom. The highest BCUT2D eigenvalue weighted by Gasteiger charge is 2.21. The standard InChI is InChI=1S/C54H33N3O/c1-3-13-34(14-4-1)47-33-48(56-53(55-47)37-15-5-2-6-16-37)35-23-25-36(26-24-35)52-46-32-39(28-30-49(46)57-50-21-11-12-22-51(50)58-54(52)57)38-27-29-44-42-19-8-7-17-40(42)41-18-9-10-20-43(41)45(44)31-38/h1-33H. The number of rotatable bonds is 5. The Hall–Kier alpha value is -7.82. The number of aromatic nitrogens is 3. The van der Waals surface area contributed by atoms with Crippen LogP contribution in [0.5, 0.6) is 0 Å². The van der Waals surface area contributed by atoms with Crippen LogP contribution in [-0.4, -0.2) is 14.4 Å². The smallest absolute Gasteiger partial charge is 0.213 e. The van der Waals surface area contributed by atoms with Crippen LogP contribution in [0.4, 0.5) is 0 Å². The van der Waals surface area contributed by atoms with E-state index < -0.39 is 0 Å². The third-order valence-corrected chi connectivity index (χ3v) is 11.6. The lowest BCUT2D eigenvalue weighted by atomic mass is 9.91. The van der Waals surface area contributed by atoms with Gasteiger partial charge in [0.2, 0.25) is 5.71 Å². The molecule has 0 N–H and O–H groups in total. The number of hydrogen-bond donors (Lipinski definition) is 0. The van der Waals surface area contributed by atoms with Gasteiger partial charge in [-0.05, 0) is 85.4 Å². The van der Waals surface area contributed by atoms with Crippen LogP contribution >= 0.6 is 0 Å². The van der Waals surface area contributed by atoms with Gasteiger partial charge in [0.15, 0.2) is 11.4 Å². The van der Waals surface area contributed by atoms with Crippen molar-refractivity contribution in [1.29, 1.82) is 0 Å². The number of nitrogens with zero attached hydrogens (tertiary/aromatic N) is 3. The second kappa shape index (κ2) is 12.9. The summed E-state index contributed by atoms with van der Waals surface area (Å²) in [6.45, 7) is 0. The molecule has 9 aromatic carbocycles. The maximum Gasteiger partial charge on any atom is 0.213 e. The van der Waals surface area contributed by atoms with Gasteiger partial charge in [0, 0.05) is 22.1 Å². The van der Waals surface area contributed by atoms with Gasteiger partial charge in [-0.15, -0.1) is 0 Å². The van der Waals surface area contributed by atoms with Crippen molar-refractivity contribution in [3.63, 3.8) is 0 Å². The van der Waals surface area contributed by atoms with Crippen molar-refractivity contribution in [2.75, 3.05) is 0 Å². The first-order chi connectivity index (χ1) is 28.7. The van der Waals surface area contributed by atoms with Crippen LogP contribution in [0.3, 0.4) is 0 Å². The minimum Gasteiger partial charge on any atom is -0.438 e. The number of para-hydroxylation sites is 2. The zero-order valence-corrected chi connectivity index (χ0v) is 31.3. The largest absolute Gasteiger partial charge is 0.438 e. The normalized spacial score (nSPS) is 11.8. The number of oxazole rings is 1. The molecule has 270 valence electrons. The molecule has 0 aliphatic rings. The molecule has 0 amide bonds. The Morgan fingerprint density at radius 1 is 0.328 bits per heavy atom. The van der Waals surface area contributed by atoms with Gasteiger partial charge in [-0.3, -0.25) is 4.40 Å². The summed E-state index contributed by atoms with van der Waals surface area (Å²) in [6, 6.07) is 70.9. The Bertz CT molecular complexity index is 3450. The SMILES string of the molecule is c1ccc(-c2cc(-c3ccc(-c4c5cc(-c6ccc7c8ccccc8c8ccccc8c7c6)ccc5n5c4oc4ccccc45)cc3)nc(-c3ccccc3)n2)cc1. The average Bonchev–Trinajstić information content (AvgIpc) is 3.83. The van der Waals surface area contributed by atoms with E-state index in [1.807, 2.05) is 48.5 Å². The van der Waals surface area contributed by atoms with Crippen LogP contribution in [-0.2, 0) is 0 Å². The monoisotopic (exact) mass is 739 g/mol. The fourth-order valence-electron chi connectivity index (χ4n) is 8.86. The topological polar surface area (TPSA) is 43.3 Å². The number of hydrogen-bond acceptors (Lipinski definition) is 3. The summed E-state index contributed by atoms with van der Waals surface area (Å²) in [4.78, 5) is 10.1. The van der Waals surface area contributed by atoms with Crippen molar-refractivity contribution in [3.8, 4) is 56.2 Å². The Morgan fingerprint density at radius 3 is 1.48 bits per heavy atom. The van der Waals surface area contributed by atoms with E-state index >= 15 is 0 Å². The summed E-state index contributed by atoms with van der Waals surface area (Å²) in [6.07, 6.45) is 0. The van der Waals surface area contributed by atoms with E-state index in [1.165, 1.54) is 37.9 Å². The number of fused-ring (bicyclic) bond motifs is 11. The van der Waals surface area contributed by atoms with Crippen molar-refractivity contribution in [2.45, 2.75) is 0 Å². The van der Waals surface area contributed by atoms with Gasteiger partial charge >= 0.3 is 0 Å². The summed E-state index contributed by atoms with van der Waals surface area (Å²) in [5.41, 5.74) is 13.1. The molecule has 3 aromatic heterocycles. The highest BCUT2D eigenvalue weighted by atomic mass is 16.3. The fourth-order valence-corrected chi connectivity index (χ4v) is 8.86. The summed E-state index contributed by atoms with van der Waals surface area (Å²) in [7, 11) is 0. The second-order valence-electron chi connectivity index (χ2n) is 14.9. The molecule has 58 heavy (non-hydrogen) atoms. The lowest BCUT2D eigenvalue weighted by molar-refractivity contribution is 0.658. The van der Waals surface area contributed by atoms with Crippen LogP contribution in [0, 0.1) is 0 Å². The zero-order valence-electron chi connectivity index (χ0n) is 31.3. The van der Waals surface area contributed by atoms with E-state index in [0.717, 1.165) is 72.5 Å². The van der Waals surface area contributed by atoms with Crippen molar-refractivity contribution < 1.29 is 4.42 Å². The van der Waals surface area contributed by atoms with E-state index in [9.17, 15) is 0 Å². The molecule has 12 aromatic rings. The zero-order chi connectivity index (χ0) is 38.2. The molecule has 0 atom stereocenters. The molecule has 0 bridgehead atoms. The van der Waals surface area contributed by atoms with Gasteiger partial charge in [-0.25, -0.2) is 9.97 Å². The van der Waals surface area contributed by atoms with E-state index in [1.54, 1.807) is 0 Å². The Kier molecular flexibility index (Phi) is 7.20. The summed E-state index contributed by atoms with van der Waals surface area (Å²) in [5.74, 6) is 0.700. The van der Waals surface area contributed by atoms with Gasteiger partial charge in [0.25, 0.3) is 0 Å². The maximum absolute atomic E-state index is 6.70. The predicted octanol–water partition coefficient (Wildman–Crippen LogP) is 14.4. The summed E-state index contributed by atoms with van der Waals surface area (Å²) >= 11 is 0. The predicted molar refractivity (Wildman–Crippen MR) is 240 cm³/mol. The van der Waals surface area contributed by atoms with E-state index in [-0.39, 0.29) is 0 Å². The molecule has 4 nitrogen and oxygen atoms in total.